The molecule has 0 amide bonds. The van der Waals surface area contributed by atoms with Crippen molar-refractivity contribution < 1.29 is 0 Å². The summed E-state index contributed by atoms with van der Waals surface area (Å²) in [4.78, 5) is 13.1. The van der Waals surface area contributed by atoms with Crippen LogP contribution in [0, 0.1) is 19.8 Å². The summed E-state index contributed by atoms with van der Waals surface area (Å²) in [5, 5.41) is 7.92. The number of aliphatic imine (C=N–C) groups is 1. The molecule has 1 atom stereocenters. The standard InChI is InChI=1S/C19H35N5S/c1-5-20-19(22-13-18-16(3)23-17(4)25-18)21-10-6-7-11-24-12-8-9-15(2)14-24/h15H,5-14H2,1-4H3,(H2,20,21,22). The lowest BCUT2D eigenvalue weighted by Gasteiger charge is -2.30. The van der Waals surface area contributed by atoms with E-state index >= 15 is 0 Å². The van der Waals surface area contributed by atoms with Crippen LogP contribution in [0.4, 0.5) is 0 Å². The monoisotopic (exact) mass is 365 g/mol. The Morgan fingerprint density at radius 3 is 2.84 bits per heavy atom. The van der Waals surface area contributed by atoms with Crippen molar-refractivity contribution in [3.05, 3.63) is 15.6 Å². The molecule has 1 aromatic heterocycles. The normalized spacial score (nSPS) is 19.2. The molecule has 0 radical (unpaired) electrons. The lowest BCUT2D eigenvalue weighted by Crippen LogP contribution is -2.38. The van der Waals surface area contributed by atoms with E-state index in [2.05, 4.69) is 48.2 Å². The van der Waals surface area contributed by atoms with Gasteiger partial charge in [0, 0.05) is 24.5 Å². The highest BCUT2D eigenvalue weighted by Gasteiger charge is 2.15. The Bertz CT molecular complexity index is 540. The van der Waals surface area contributed by atoms with Crippen LogP contribution in [0.2, 0.25) is 0 Å². The lowest BCUT2D eigenvalue weighted by atomic mass is 10.0. The van der Waals surface area contributed by atoms with Crippen molar-refractivity contribution in [1.29, 1.82) is 0 Å². The summed E-state index contributed by atoms with van der Waals surface area (Å²) in [5.74, 6) is 1.79. The van der Waals surface area contributed by atoms with Gasteiger partial charge in [-0.25, -0.2) is 9.98 Å². The highest BCUT2D eigenvalue weighted by Crippen LogP contribution is 2.18. The molecular weight excluding hydrogens is 330 g/mol. The molecule has 6 heteroatoms. The van der Waals surface area contributed by atoms with E-state index in [9.17, 15) is 0 Å². The Hall–Kier alpha value is -1.14. The third kappa shape index (κ3) is 7.32. The molecule has 0 bridgehead atoms. The van der Waals surface area contributed by atoms with Crippen LogP contribution in [0.5, 0.6) is 0 Å². The Morgan fingerprint density at radius 1 is 1.32 bits per heavy atom. The summed E-state index contributed by atoms with van der Waals surface area (Å²) in [6.07, 6.45) is 5.21. The van der Waals surface area contributed by atoms with Gasteiger partial charge in [0.25, 0.3) is 0 Å². The van der Waals surface area contributed by atoms with Gasteiger partial charge < -0.3 is 15.5 Å². The molecule has 1 fully saturated rings. The molecule has 1 unspecified atom stereocenters. The molecule has 5 nitrogen and oxygen atoms in total. The van der Waals surface area contributed by atoms with E-state index in [4.69, 9.17) is 4.99 Å². The number of aryl methyl sites for hydroxylation is 2. The van der Waals surface area contributed by atoms with E-state index in [1.165, 1.54) is 50.2 Å². The van der Waals surface area contributed by atoms with Gasteiger partial charge in [0.05, 0.1) is 17.2 Å². The number of nitrogens with one attached hydrogen (secondary N) is 2. The zero-order valence-electron chi connectivity index (χ0n) is 16.4. The molecule has 2 N–H and O–H groups in total. The van der Waals surface area contributed by atoms with Gasteiger partial charge in [-0.3, -0.25) is 0 Å². The molecule has 25 heavy (non-hydrogen) atoms. The van der Waals surface area contributed by atoms with Crippen LogP contribution in [0.3, 0.4) is 0 Å². The van der Waals surface area contributed by atoms with Crippen molar-refractivity contribution in [3.8, 4) is 0 Å². The number of nitrogens with zero attached hydrogens (tertiary/aromatic N) is 3. The average Bonchev–Trinajstić information content (AvgIpc) is 2.90. The smallest absolute Gasteiger partial charge is 0.191 e. The summed E-state index contributed by atoms with van der Waals surface area (Å²) in [7, 11) is 0. The number of rotatable bonds is 8. The first-order valence-electron chi connectivity index (χ1n) is 9.76. The van der Waals surface area contributed by atoms with Crippen LogP contribution in [-0.2, 0) is 6.54 Å². The number of hydrogen-bond donors (Lipinski definition) is 2. The largest absolute Gasteiger partial charge is 0.357 e. The Morgan fingerprint density at radius 2 is 2.16 bits per heavy atom. The van der Waals surface area contributed by atoms with Gasteiger partial charge >= 0.3 is 0 Å². The van der Waals surface area contributed by atoms with Crippen molar-refractivity contribution >= 4 is 17.3 Å². The topological polar surface area (TPSA) is 52.6 Å². The van der Waals surface area contributed by atoms with Gasteiger partial charge in [-0.15, -0.1) is 11.3 Å². The van der Waals surface area contributed by atoms with Gasteiger partial charge in [-0.2, -0.15) is 0 Å². The number of hydrogen-bond acceptors (Lipinski definition) is 4. The van der Waals surface area contributed by atoms with Crippen LogP contribution < -0.4 is 10.6 Å². The molecule has 2 heterocycles. The first kappa shape index (κ1) is 20.2. The molecule has 0 aliphatic carbocycles. The summed E-state index contributed by atoms with van der Waals surface area (Å²) >= 11 is 1.74. The van der Waals surface area contributed by atoms with Crippen molar-refractivity contribution in [1.82, 2.24) is 20.5 Å². The second-order valence-electron chi connectivity index (χ2n) is 7.12. The SMILES string of the molecule is CCNC(=NCc1sc(C)nc1C)NCCCCN1CCCC(C)C1. The Labute approximate surface area is 157 Å². The molecule has 1 aliphatic rings. The highest BCUT2D eigenvalue weighted by molar-refractivity contribution is 7.11. The molecule has 1 aliphatic heterocycles. The first-order valence-corrected chi connectivity index (χ1v) is 10.6. The minimum atomic E-state index is 0.707. The van der Waals surface area contributed by atoms with Crippen molar-refractivity contribution in [2.75, 3.05) is 32.7 Å². The van der Waals surface area contributed by atoms with Crippen LogP contribution in [0.15, 0.2) is 4.99 Å². The second kappa shape index (κ2) is 10.8. The first-order chi connectivity index (χ1) is 12.1. The Balaban J connectivity index is 1.68. The van der Waals surface area contributed by atoms with Gasteiger partial charge in [0.1, 0.15) is 0 Å². The highest BCUT2D eigenvalue weighted by atomic mass is 32.1. The van der Waals surface area contributed by atoms with E-state index in [-0.39, 0.29) is 0 Å². The van der Waals surface area contributed by atoms with Gasteiger partial charge in [0.2, 0.25) is 0 Å². The number of thiazole rings is 1. The average molecular weight is 366 g/mol. The lowest BCUT2D eigenvalue weighted by molar-refractivity contribution is 0.181. The predicted octanol–water partition coefficient (Wildman–Crippen LogP) is 3.33. The second-order valence-corrected chi connectivity index (χ2v) is 8.41. The molecular formula is C19H35N5S. The molecule has 0 saturated carbocycles. The predicted molar refractivity (Wildman–Crippen MR) is 108 cm³/mol. The van der Waals surface area contributed by atoms with E-state index in [1.807, 2.05) is 0 Å². The van der Waals surface area contributed by atoms with Crippen LogP contribution in [-0.4, -0.2) is 48.6 Å². The molecule has 1 saturated heterocycles. The maximum Gasteiger partial charge on any atom is 0.191 e. The third-order valence-electron chi connectivity index (χ3n) is 4.66. The van der Waals surface area contributed by atoms with Gasteiger partial charge in [-0.05, 0) is 65.5 Å². The maximum atomic E-state index is 4.71. The summed E-state index contributed by atoms with van der Waals surface area (Å²) in [6.45, 7) is 15.0. The van der Waals surface area contributed by atoms with Crippen LogP contribution in [0.25, 0.3) is 0 Å². The molecule has 1 aromatic rings. The maximum absolute atomic E-state index is 4.71. The van der Waals surface area contributed by atoms with E-state index in [0.717, 1.165) is 35.7 Å². The zero-order chi connectivity index (χ0) is 18.1. The fourth-order valence-corrected chi connectivity index (χ4v) is 4.23. The van der Waals surface area contributed by atoms with E-state index < -0.39 is 0 Å². The van der Waals surface area contributed by atoms with Crippen LogP contribution in [0.1, 0.15) is 55.1 Å². The van der Waals surface area contributed by atoms with Crippen molar-refractivity contribution in [3.63, 3.8) is 0 Å². The van der Waals surface area contributed by atoms with E-state index in [0.29, 0.717) is 6.54 Å². The van der Waals surface area contributed by atoms with Gasteiger partial charge in [-0.1, -0.05) is 6.92 Å². The molecule has 2 rings (SSSR count). The van der Waals surface area contributed by atoms with Crippen LogP contribution >= 0.6 is 11.3 Å². The Kier molecular flexibility index (Phi) is 8.68. The summed E-state index contributed by atoms with van der Waals surface area (Å²) in [6, 6.07) is 0. The van der Waals surface area contributed by atoms with Gasteiger partial charge in [0.15, 0.2) is 5.96 Å². The zero-order valence-corrected chi connectivity index (χ0v) is 17.2. The number of aromatic nitrogens is 1. The minimum Gasteiger partial charge on any atom is -0.357 e. The van der Waals surface area contributed by atoms with Crippen molar-refractivity contribution in [2.45, 2.75) is 59.9 Å². The molecule has 0 aromatic carbocycles. The fourth-order valence-electron chi connectivity index (χ4n) is 3.37. The quantitative estimate of drug-likeness (QED) is 0.421. The molecule has 142 valence electrons. The number of likely N-dealkylation sites (tertiary alicyclic amines) is 1. The summed E-state index contributed by atoms with van der Waals surface area (Å²) in [5.41, 5.74) is 1.11. The number of piperidine rings is 1. The number of guanidine groups is 1. The van der Waals surface area contributed by atoms with Crippen molar-refractivity contribution in [2.24, 2.45) is 10.9 Å². The molecule has 0 spiro atoms. The third-order valence-corrected chi connectivity index (χ3v) is 5.72. The number of unbranched alkanes of at least 4 members (excludes halogenated alkanes) is 1. The minimum absolute atomic E-state index is 0.707. The fraction of sp³-hybridized carbons (Fsp3) is 0.789. The van der Waals surface area contributed by atoms with E-state index in [1.54, 1.807) is 11.3 Å². The summed E-state index contributed by atoms with van der Waals surface area (Å²) < 4.78 is 0.